The van der Waals surface area contributed by atoms with E-state index < -0.39 is 15.9 Å². The third-order valence-electron chi connectivity index (χ3n) is 14.7. The standard InChI is InChI=1S/C51H64ClN7O8S/c1-32(39-6-4-7-47-40(39)19-27-68(47,64)65)54-48-42-29-41(46(66-3)30-44(42)55-33(2)56-48)36-8-10-37(11-9-36)49(61)57-21-14-34(15-22-57)18-26-67-31-35-16-23-58(24-17-35)50(62)38-12-13-43(52)45(28-38)59(51(53)63)20-5-25-60/h4,6-7,12-13,25,28-30,32,34-37H,5,8-11,14-24,26-27,31H2,1-3H3,(H2,53,63)(H,54,55,56)/t32-,36-,37-/m1/s1. The van der Waals surface area contributed by atoms with Crippen LogP contribution in [0, 0.1) is 24.7 Å². The second-order valence-electron chi connectivity index (χ2n) is 19.0. The number of aromatic nitrogens is 2. The van der Waals surface area contributed by atoms with E-state index in [2.05, 4.69) is 16.3 Å². The van der Waals surface area contributed by atoms with Gasteiger partial charge in [0.2, 0.25) is 5.91 Å². The molecule has 0 unspecified atom stereocenters. The van der Waals surface area contributed by atoms with Crippen LogP contribution in [0.5, 0.6) is 5.75 Å². The van der Waals surface area contributed by atoms with Crippen LogP contribution in [-0.4, -0.2) is 111 Å². The molecule has 2 saturated heterocycles. The van der Waals surface area contributed by atoms with Gasteiger partial charge in [0.25, 0.3) is 5.91 Å². The highest BCUT2D eigenvalue weighted by Gasteiger charge is 2.34. The number of benzene rings is 3. The van der Waals surface area contributed by atoms with E-state index in [0.717, 1.165) is 104 Å². The number of methoxy groups -OCH3 is 1. The number of carbonyl (C=O) groups is 4. The maximum Gasteiger partial charge on any atom is 0.319 e. The lowest BCUT2D eigenvalue weighted by Gasteiger charge is -2.36. The van der Waals surface area contributed by atoms with Crippen LogP contribution < -0.4 is 20.7 Å². The van der Waals surface area contributed by atoms with Crippen molar-refractivity contribution in [1.82, 2.24) is 19.8 Å². The first-order chi connectivity index (χ1) is 32.7. The molecular formula is C51H64ClN7O8S. The highest BCUT2D eigenvalue weighted by Crippen LogP contribution is 2.43. The van der Waals surface area contributed by atoms with Gasteiger partial charge in [-0.05, 0) is 143 Å². The molecule has 0 bridgehead atoms. The van der Waals surface area contributed by atoms with Crippen LogP contribution in [0.2, 0.25) is 5.02 Å². The van der Waals surface area contributed by atoms with Crippen LogP contribution in [0.3, 0.4) is 0 Å². The van der Waals surface area contributed by atoms with E-state index in [1.54, 1.807) is 31.4 Å². The molecule has 1 aromatic heterocycles. The summed E-state index contributed by atoms with van der Waals surface area (Å²) < 4.78 is 37.5. The van der Waals surface area contributed by atoms with Gasteiger partial charge in [-0.2, -0.15) is 0 Å². The van der Waals surface area contributed by atoms with Crippen LogP contribution in [0.4, 0.5) is 16.3 Å². The van der Waals surface area contributed by atoms with Crippen molar-refractivity contribution in [2.45, 2.75) is 101 Å². The fourth-order valence-electron chi connectivity index (χ4n) is 10.8. The molecular weight excluding hydrogens is 906 g/mol. The summed E-state index contributed by atoms with van der Waals surface area (Å²) in [6, 6.07) is 13.5. The molecule has 4 amide bonds. The second kappa shape index (κ2) is 21.5. The number of halogens is 1. The molecule has 68 heavy (non-hydrogen) atoms. The first-order valence-corrected chi connectivity index (χ1v) is 26.2. The van der Waals surface area contributed by atoms with Gasteiger partial charge in [0.05, 0.1) is 40.0 Å². The Kier molecular flexibility index (Phi) is 15.6. The monoisotopic (exact) mass is 969 g/mol. The maximum atomic E-state index is 13.9. The van der Waals surface area contributed by atoms with E-state index in [1.807, 2.05) is 36.9 Å². The molecule has 3 aliphatic heterocycles. The highest BCUT2D eigenvalue weighted by molar-refractivity contribution is 7.91. The minimum atomic E-state index is -3.26. The molecule has 4 aromatic rings. The Labute approximate surface area is 404 Å². The average Bonchev–Trinajstić information content (AvgIpc) is 3.66. The Morgan fingerprint density at radius 2 is 1.68 bits per heavy atom. The molecule has 3 N–H and O–H groups in total. The number of rotatable bonds is 16. The zero-order chi connectivity index (χ0) is 48.1. The third-order valence-corrected chi connectivity index (χ3v) is 16.8. The number of anilines is 2. The van der Waals surface area contributed by atoms with Crippen LogP contribution >= 0.6 is 11.6 Å². The summed E-state index contributed by atoms with van der Waals surface area (Å²) in [5.41, 5.74) is 9.97. The minimum absolute atomic E-state index is 0.00912. The van der Waals surface area contributed by atoms with Crippen LogP contribution in [0.15, 0.2) is 53.4 Å². The Hall–Kier alpha value is -5.32. The molecule has 17 heteroatoms. The Balaban J connectivity index is 0.774. The summed E-state index contributed by atoms with van der Waals surface area (Å²) in [5, 5.41) is 4.76. The van der Waals surface area contributed by atoms with Gasteiger partial charge < -0.3 is 35.1 Å². The molecule has 8 rings (SSSR count). The number of sulfone groups is 1. The minimum Gasteiger partial charge on any atom is -0.496 e. The fourth-order valence-corrected chi connectivity index (χ4v) is 12.6. The zero-order valence-electron chi connectivity index (χ0n) is 39.4. The van der Waals surface area contributed by atoms with Gasteiger partial charge in [0.15, 0.2) is 9.84 Å². The summed E-state index contributed by atoms with van der Waals surface area (Å²) in [6.45, 7) is 8.06. The van der Waals surface area contributed by atoms with Gasteiger partial charge >= 0.3 is 6.03 Å². The van der Waals surface area contributed by atoms with E-state index in [4.69, 9.17) is 36.8 Å². The Morgan fingerprint density at radius 1 is 0.956 bits per heavy atom. The van der Waals surface area contributed by atoms with Crippen molar-refractivity contribution in [3.05, 3.63) is 81.6 Å². The van der Waals surface area contributed by atoms with Crippen molar-refractivity contribution in [3.63, 3.8) is 0 Å². The SMILES string of the molecule is COc1cc2nc(C)nc(N[C@H](C)c3cccc4c3CCS4(=O)=O)c2cc1[C@H]1CC[C@H](C(=O)N2CCC(CCOCC3CCN(C(=O)c4ccc(Cl)c(N(CCC=O)C(N)=O)c4)CC3)CC2)CC1. The summed E-state index contributed by atoms with van der Waals surface area (Å²) >= 11 is 6.35. The van der Waals surface area contributed by atoms with Crippen molar-refractivity contribution in [1.29, 1.82) is 0 Å². The molecule has 3 aromatic carbocycles. The second-order valence-corrected chi connectivity index (χ2v) is 21.5. The molecule has 0 spiro atoms. The maximum absolute atomic E-state index is 13.9. The molecule has 0 radical (unpaired) electrons. The first kappa shape index (κ1) is 49.1. The molecule has 1 atom stereocenters. The number of likely N-dealkylation sites (tertiary alicyclic amines) is 2. The number of urea groups is 1. The van der Waals surface area contributed by atoms with E-state index in [0.29, 0.717) is 78.6 Å². The smallest absolute Gasteiger partial charge is 0.319 e. The number of piperidine rings is 2. The van der Waals surface area contributed by atoms with Gasteiger partial charge in [-0.3, -0.25) is 14.5 Å². The molecule has 364 valence electrons. The normalized spacial score (nSPS) is 20.2. The van der Waals surface area contributed by atoms with Crippen molar-refractivity contribution in [2.24, 2.45) is 23.5 Å². The fraction of sp³-hybridized carbons (Fsp3) is 0.529. The lowest BCUT2D eigenvalue weighted by Crippen LogP contribution is -2.42. The zero-order valence-corrected chi connectivity index (χ0v) is 41.0. The van der Waals surface area contributed by atoms with Gasteiger partial charge in [-0.25, -0.2) is 23.2 Å². The number of primary amides is 1. The predicted molar refractivity (Wildman–Crippen MR) is 262 cm³/mol. The van der Waals surface area contributed by atoms with E-state index in [9.17, 15) is 27.6 Å². The van der Waals surface area contributed by atoms with E-state index >= 15 is 0 Å². The van der Waals surface area contributed by atoms with Gasteiger partial charge in [-0.15, -0.1) is 0 Å². The molecule has 15 nitrogen and oxygen atoms in total. The lowest BCUT2D eigenvalue weighted by atomic mass is 9.77. The summed E-state index contributed by atoms with van der Waals surface area (Å²) in [5.74, 6) is 3.49. The number of nitrogens with two attached hydrogens (primary N) is 1. The van der Waals surface area contributed by atoms with Gasteiger partial charge in [0, 0.05) is 75.3 Å². The number of amides is 4. The van der Waals surface area contributed by atoms with Crippen molar-refractivity contribution >= 4 is 68.0 Å². The number of carbonyl (C=O) groups excluding carboxylic acids is 4. The first-order valence-electron chi connectivity index (χ1n) is 24.2. The number of hydrogen-bond acceptors (Lipinski definition) is 11. The third kappa shape index (κ3) is 10.9. The number of aldehydes is 1. The van der Waals surface area contributed by atoms with Crippen LogP contribution in [0.1, 0.15) is 116 Å². The predicted octanol–water partition coefficient (Wildman–Crippen LogP) is 8.05. The van der Waals surface area contributed by atoms with Crippen molar-refractivity contribution in [2.75, 3.05) is 69.0 Å². The number of nitrogens with zero attached hydrogens (tertiary/aromatic N) is 5. The lowest BCUT2D eigenvalue weighted by molar-refractivity contribution is -0.138. The largest absolute Gasteiger partial charge is 0.496 e. The number of ether oxygens (including phenoxy) is 2. The van der Waals surface area contributed by atoms with Crippen LogP contribution in [-0.2, 0) is 30.6 Å². The van der Waals surface area contributed by atoms with E-state index in [1.165, 1.54) is 4.90 Å². The number of aryl methyl sites for hydroxylation is 1. The van der Waals surface area contributed by atoms with Crippen molar-refractivity contribution in [3.8, 4) is 5.75 Å². The molecule has 3 fully saturated rings. The molecule has 1 saturated carbocycles. The summed E-state index contributed by atoms with van der Waals surface area (Å²) in [7, 11) is -1.57. The molecule has 1 aliphatic carbocycles. The van der Waals surface area contributed by atoms with Gasteiger partial charge in [-0.1, -0.05) is 23.7 Å². The molecule has 4 heterocycles. The summed E-state index contributed by atoms with van der Waals surface area (Å²) in [4.78, 5) is 65.4. The topological polar surface area (TPSA) is 194 Å². The Bertz CT molecular complexity index is 2620. The highest BCUT2D eigenvalue weighted by atomic mass is 35.5. The van der Waals surface area contributed by atoms with E-state index in [-0.39, 0.29) is 53.4 Å². The Morgan fingerprint density at radius 3 is 2.38 bits per heavy atom. The summed E-state index contributed by atoms with van der Waals surface area (Å²) in [6.07, 6.45) is 9.28. The van der Waals surface area contributed by atoms with Crippen LogP contribution in [0.25, 0.3) is 10.9 Å². The van der Waals surface area contributed by atoms with Gasteiger partial charge in [0.1, 0.15) is 23.7 Å². The average molecular weight is 971 g/mol. The number of hydrogen-bond donors (Lipinski definition) is 2. The van der Waals surface area contributed by atoms with Crippen molar-refractivity contribution < 1.29 is 37.1 Å². The number of fused-ring (bicyclic) bond motifs is 2. The quantitative estimate of drug-likeness (QED) is 0.0815. The molecule has 4 aliphatic rings. The number of nitrogens with one attached hydrogen (secondary N) is 1.